The Hall–Kier alpha value is -1.76. The number of hydrogen-bond donors (Lipinski definition) is 1. The highest BCUT2D eigenvalue weighted by molar-refractivity contribution is 5.67. The second-order valence-corrected chi connectivity index (χ2v) is 5.58. The van der Waals surface area contributed by atoms with Crippen LogP contribution in [-0.2, 0) is 17.5 Å². The van der Waals surface area contributed by atoms with Crippen molar-refractivity contribution in [2.75, 3.05) is 13.1 Å². The van der Waals surface area contributed by atoms with Crippen LogP contribution in [0.4, 0.5) is 18.0 Å². The molecular weight excluding hydrogens is 297 g/mol. The Labute approximate surface area is 127 Å². The van der Waals surface area contributed by atoms with Crippen molar-refractivity contribution < 1.29 is 22.7 Å². The van der Waals surface area contributed by atoms with Gasteiger partial charge in [0.25, 0.3) is 0 Å². The molecule has 7 heteroatoms. The molecule has 0 saturated carbocycles. The van der Waals surface area contributed by atoms with Crippen molar-refractivity contribution in [3.8, 4) is 0 Å². The molecule has 1 fully saturated rings. The number of piperidine rings is 1. The van der Waals surface area contributed by atoms with Gasteiger partial charge in [-0.3, -0.25) is 0 Å². The number of alkyl halides is 3. The lowest BCUT2D eigenvalue weighted by atomic mass is 10.1. The Morgan fingerprint density at radius 2 is 1.95 bits per heavy atom. The molecule has 1 heterocycles. The Morgan fingerprint density at radius 1 is 1.32 bits per heavy atom. The molecule has 0 unspecified atom stereocenters. The summed E-state index contributed by atoms with van der Waals surface area (Å²) in [5.74, 6) is 0. The van der Waals surface area contributed by atoms with Crippen molar-refractivity contribution in [1.29, 1.82) is 0 Å². The normalized spacial score (nSPS) is 16.7. The third-order valence-electron chi connectivity index (χ3n) is 3.62. The highest BCUT2D eigenvalue weighted by atomic mass is 19.4. The van der Waals surface area contributed by atoms with E-state index in [2.05, 4.69) is 0 Å². The molecule has 0 bridgehead atoms. The van der Waals surface area contributed by atoms with E-state index in [1.165, 1.54) is 4.90 Å². The molecule has 122 valence electrons. The van der Waals surface area contributed by atoms with Gasteiger partial charge >= 0.3 is 12.3 Å². The van der Waals surface area contributed by atoms with Crippen LogP contribution in [0.15, 0.2) is 18.2 Å². The average Bonchev–Trinajstić information content (AvgIpc) is 2.44. The molecule has 1 aromatic carbocycles. The highest BCUT2D eigenvalue weighted by Gasteiger charge is 2.31. The van der Waals surface area contributed by atoms with E-state index in [1.807, 2.05) is 0 Å². The fourth-order valence-electron chi connectivity index (χ4n) is 2.43. The molecular formula is C15H19F3N2O2. The number of likely N-dealkylation sites (tertiary alicyclic amines) is 1. The van der Waals surface area contributed by atoms with Crippen molar-refractivity contribution in [2.24, 2.45) is 5.73 Å². The predicted octanol–water partition coefficient (Wildman–Crippen LogP) is 3.07. The summed E-state index contributed by atoms with van der Waals surface area (Å²) < 4.78 is 43.3. The predicted molar refractivity (Wildman–Crippen MR) is 75.1 cm³/mol. The minimum atomic E-state index is -4.41. The largest absolute Gasteiger partial charge is 0.445 e. The molecule has 1 aliphatic rings. The number of aryl methyl sites for hydroxylation is 1. The van der Waals surface area contributed by atoms with Crippen molar-refractivity contribution in [1.82, 2.24) is 4.90 Å². The van der Waals surface area contributed by atoms with Gasteiger partial charge in [-0.2, -0.15) is 13.2 Å². The first-order chi connectivity index (χ1) is 10.3. The van der Waals surface area contributed by atoms with Crippen LogP contribution in [0.3, 0.4) is 0 Å². The van der Waals surface area contributed by atoms with Crippen molar-refractivity contribution in [3.05, 3.63) is 34.9 Å². The van der Waals surface area contributed by atoms with E-state index in [0.29, 0.717) is 37.1 Å². The number of nitrogens with two attached hydrogens (primary N) is 1. The molecule has 22 heavy (non-hydrogen) atoms. The van der Waals surface area contributed by atoms with Gasteiger partial charge in [-0.05, 0) is 37.5 Å². The summed E-state index contributed by atoms with van der Waals surface area (Å²) in [4.78, 5) is 13.4. The van der Waals surface area contributed by atoms with Crippen LogP contribution in [0, 0.1) is 6.92 Å². The van der Waals surface area contributed by atoms with E-state index in [-0.39, 0.29) is 12.6 Å². The van der Waals surface area contributed by atoms with E-state index < -0.39 is 17.8 Å². The zero-order valence-electron chi connectivity index (χ0n) is 12.3. The number of halogens is 3. The van der Waals surface area contributed by atoms with Crippen LogP contribution in [0.2, 0.25) is 0 Å². The number of hydrogen-bond acceptors (Lipinski definition) is 3. The fourth-order valence-corrected chi connectivity index (χ4v) is 2.43. The Balaban J connectivity index is 1.96. The molecule has 1 aliphatic heterocycles. The van der Waals surface area contributed by atoms with Crippen LogP contribution in [0.25, 0.3) is 0 Å². The molecule has 1 aromatic rings. The van der Waals surface area contributed by atoms with Crippen LogP contribution in [0.1, 0.15) is 29.5 Å². The summed E-state index contributed by atoms with van der Waals surface area (Å²) in [6.07, 6.45) is -3.51. The van der Waals surface area contributed by atoms with E-state index >= 15 is 0 Å². The molecule has 2 N–H and O–H groups in total. The van der Waals surface area contributed by atoms with Gasteiger partial charge in [-0.1, -0.05) is 11.6 Å². The van der Waals surface area contributed by atoms with Crippen molar-refractivity contribution in [3.63, 3.8) is 0 Å². The third-order valence-corrected chi connectivity index (χ3v) is 3.62. The zero-order valence-corrected chi connectivity index (χ0v) is 12.3. The molecule has 0 aliphatic carbocycles. The molecule has 1 saturated heterocycles. The fraction of sp³-hybridized carbons (Fsp3) is 0.533. The minimum absolute atomic E-state index is 0.0927. The minimum Gasteiger partial charge on any atom is -0.445 e. The van der Waals surface area contributed by atoms with Gasteiger partial charge in [0.05, 0.1) is 5.56 Å². The van der Waals surface area contributed by atoms with Gasteiger partial charge in [0, 0.05) is 19.1 Å². The average molecular weight is 316 g/mol. The maximum atomic E-state index is 12.7. The number of carbonyl (C=O) groups excluding carboxylic acids is 1. The lowest BCUT2D eigenvalue weighted by Gasteiger charge is -2.29. The molecule has 0 atom stereocenters. The number of benzene rings is 1. The Bertz CT molecular complexity index is 538. The van der Waals surface area contributed by atoms with E-state index in [0.717, 1.165) is 12.1 Å². The van der Waals surface area contributed by atoms with Gasteiger partial charge in [-0.25, -0.2) is 4.79 Å². The van der Waals surface area contributed by atoms with Gasteiger partial charge < -0.3 is 15.4 Å². The first-order valence-electron chi connectivity index (χ1n) is 7.11. The van der Waals surface area contributed by atoms with E-state index in [9.17, 15) is 18.0 Å². The quantitative estimate of drug-likeness (QED) is 0.912. The molecule has 0 radical (unpaired) electrons. The zero-order chi connectivity index (χ0) is 16.3. The summed E-state index contributed by atoms with van der Waals surface area (Å²) in [7, 11) is 0. The monoisotopic (exact) mass is 316 g/mol. The summed E-state index contributed by atoms with van der Waals surface area (Å²) in [6.45, 7) is 2.43. The molecule has 0 aromatic heterocycles. The van der Waals surface area contributed by atoms with Gasteiger partial charge in [0.15, 0.2) is 0 Å². The van der Waals surface area contributed by atoms with Crippen LogP contribution in [-0.4, -0.2) is 30.1 Å². The van der Waals surface area contributed by atoms with Gasteiger partial charge in [0.1, 0.15) is 6.61 Å². The molecule has 0 spiro atoms. The molecule has 2 rings (SSSR count). The topological polar surface area (TPSA) is 55.6 Å². The first-order valence-corrected chi connectivity index (χ1v) is 7.11. The summed E-state index contributed by atoms with van der Waals surface area (Å²) >= 11 is 0. The number of amides is 1. The highest BCUT2D eigenvalue weighted by Crippen LogP contribution is 2.30. The maximum Gasteiger partial charge on any atom is 0.416 e. The first kappa shape index (κ1) is 16.6. The summed E-state index contributed by atoms with van der Waals surface area (Å²) in [6, 6.07) is 3.74. The number of carbonyl (C=O) groups is 1. The molecule has 1 amide bonds. The maximum absolute atomic E-state index is 12.7. The standard InChI is InChI=1S/C15H19F3N2O2/c1-10-6-11(8-12(7-10)15(16,17)18)9-22-14(21)20-4-2-13(19)3-5-20/h6-8,13H,2-5,9,19H2,1H3. The van der Waals surface area contributed by atoms with Crippen LogP contribution in [0.5, 0.6) is 0 Å². The smallest absolute Gasteiger partial charge is 0.416 e. The van der Waals surface area contributed by atoms with Crippen LogP contribution >= 0.6 is 0 Å². The lowest BCUT2D eigenvalue weighted by molar-refractivity contribution is -0.137. The van der Waals surface area contributed by atoms with Crippen LogP contribution < -0.4 is 5.73 Å². The lowest BCUT2D eigenvalue weighted by Crippen LogP contribution is -2.43. The molecule has 4 nitrogen and oxygen atoms in total. The summed E-state index contributed by atoms with van der Waals surface area (Å²) in [5.41, 5.74) is 5.82. The van der Waals surface area contributed by atoms with E-state index in [4.69, 9.17) is 10.5 Å². The van der Waals surface area contributed by atoms with Gasteiger partial charge in [0.2, 0.25) is 0 Å². The number of ether oxygens (including phenoxy) is 1. The SMILES string of the molecule is Cc1cc(COC(=O)N2CCC(N)CC2)cc(C(F)(F)F)c1. The second-order valence-electron chi connectivity index (χ2n) is 5.58. The number of nitrogens with zero attached hydrogens (tertiary/aromatic N) is 1. The Kier molecular flexibility index (Phi) is 4.95. The summed E-state index contributed by atoms with van der Waals surface area (Å²) in [5, 5.41) is 0. The van der Waals surface area contributed by atoms with Crippen molar-refractivity contribution >= 4 is 6.09 Å². The van der Waals surface area contributed by atoms with E-state index in [1.54, 1.807) is 13.0 Å². The van der Waals surface area contributed by atoms with Crippen molar-refractivity contribution in [2.45, 2.75) is 38.6 Å². The third kappa shape index (κ3) is 4.37. The van der Waals surface area contributed by atoms with Gasteiger partial charge in [-0.15, -0.1) is 0 Å². The number of rotatable bonds is 2. The second kappa shape index (κ2) is 6.56. The Morgan fingerprint density at radius 3 is 2.55 bits per heavy atom.